The van der Waals surface area contributed by atoms with Gasteiger partial charge in [-0.2, -0.15) is 0 Å². The molecule has 3 aromatic rings. The number of piperidine rings is 1. The molecule has 11 nitrogen and oxygen atoms in total. The second kappa shape index (κ2) is 13.3. The first-order chi connectivity index (χ1) is 22.5. The monoisotopic (exact) mass is 624 g/mol. The summed E-state index contributed by atoms with van der Waals surface area (Å²) in [4.78, 5) is 35.4. The van der Waals surface area contributed by atoms with Crippen molar-refractivity contribution in [1.29, 1.82) is 0 Å². The molecule has 242 valence electrons. The van der Waals surface area contributed by atoms with Crippen LogP contribution < -0.4 is 25.3 Å². The van der Waals surface area contributed by atoms with Crippen molar-refractivity contribution in [3.63, 3.8) is 0 Å². The van der Waals surface area contributed by atoms with E-state index < -0.39 is 0 Å². The molecule has 5 heterocycles. The molecule has 2 bridgehead atoms. The zero-order valence-corrected chi connectivity index (χ0v) is 26.8. The van der Waals surface area contributed by atoms with E-state index in [9.17, 15) is 4.79 Å². The molecule has 46 heavy (non-hydrogen) atoms. The van der Waals surface area contributed by atoms with Crippen LogP contribution in [0.3, 0.4) is 0 Å². The van der Waals surface area contributed by atoms with Crippen molar-refractivity contribution < 1.29 is 14.4 Å². The fourth-order valence-corrected chi connectivity index (χ4v) is 7.78. The largest absolute Gasteiger partial charge is 0.494 e. The van der Waals surface area contributed by atoms with Gasteiger partial charge >= 0.3 is 0 Å². The van der Waals surface area contributed by atoms with Crippen molar-refractivity contribution in [2.24, 2.45) is 0 Å². The highest BCUT2D eigenvalue weighted by Gasteiger charge is 2.45. The summed E-state index contributed by atoms with van der Waals surface area (Å²) in [7, 11) is 1.66. The third-order valence-corrected chi connectivity index (χ3v) is 10.1. The average Bonchev–Trinajstić information content (AvgIpc) is 3.86. The number of hydrogen-bond acceptors (Lipinski definition) is 10. The molecule has 11 heteroatoms. The van der Waals surface area contributed by atoms with Crippen LogP contribution in [-0.4, -0.2) is 90.2 Å². The Morgan fingerprint density at radius 2 is 1.87 bits per heavy atom. The van der Waals surface area contributed by atoms with E-state index in [-0.39, 0.29) is 11.9 Å². The molecule has 4 fully saturated rings. The minimum absolute atomic E-state index is 0.0641. The van der Waals surface area contributed by atoms with Gasteiger partial charge in [-0.15, -0.1) is 0 Å². The number of nitrogens with one attached hydrogen (secondary N) is 2. The number of methoxy groups -OCH3 is 1. The van der Waals surface area contributed by atoms with Crippen molar-refractivity contribution in [2.75, 3.05) is 67.0 Å². The van der Waals surface area contributed by atoms with Crippen molar-refractivity contribution in [3.8, 4) is 5.75 Å². The summed E-state index contributed by atoms with van der Waals surface area (Å²) in [5.41, 5.74) is 3.50. The number of aromatic nitrogens is 2. The van der Waals surface area contributed by atoms with Gasteiger partial charge in [-0.05, 0) is 43.5 Å². The number of benzene rings is 2. The van der Waals surface area contributed by atoms with Crippen LogP contribution in [0.1, 0.15) is 44.2 Å². The standard InChI is InChI=1S/C35H44N8O3/c1-4-35(44)39-28-18-29(38-33-20-34(37-23-36-33)43-30(13-16-46-43)24-9-7-6-8-10-24)32(45-3)19-31(28)41-14-11-25(12-15-41)42-22-26-17-27(42)21-40(26)5-2/h4,6-10,18-20,23,25-27,30H,1,5,11-17,21-22H2,2-3H3,(H,39,44)(H,36,37,38)/t26-,27-,30-/m1/s1. The predicted molar refractivity (Wildman–Crippen MR) is 181 cm³/mol. The first-order valence-corrected chi connectivity index (χ1v) is 16.5. The number of likely N-dealkylation sites (tertiary alicyclic amines) is 2. The van der Waals surface area contributed by atoms with Gasteiger partial charge in [-0.25, -0.2) is 15.0 Å². The number of nitrogens with zero attached hydrogens (tertiary/aromatic N) is 6. The second-order valence-electron chi connectivity index (χ2n) is 12.6. The van der Waals surface area contributed by atoms with Crippen molar-refractivity contribution >= 4 is 34.6 Å². The summed E-state index contributed by atoms with van der Waals surface area (Å²) in [5, 5.41) is 8.31. The molecule has 4 saturated heterocycles. The van der Waals surface area contributed by atoms with E-state index in [1.807, 2.05) is 41.5 Å². The van der Waals surface area contributed by atoms with E-state index in [2.05, 4.69) is 60.9 Å². The van der Waals surface area contributed by atoms with E-state index in [0.717, 1.165) is 50.6 Å². The van der Waals surface area contributed by atoms with Gasteiger partial charge < -0.3 is 20.3 Å². The molecular weight excluding hydrogens is 580 g/mol. The van der Waals surface area contributed by atoms with Gasteiger partial charge in [0.1, 0.15) is 17.9 Å². The normalized spacial score (nSPS) is 23.6. The predicted octanol–water partition coefficient (Wildman–Crippen LogP) is 4.98. The van der Waals surface area contributed by atoms with Gasteiger partial charge in [0.25, 0.3) is 0 Å². The highest BCUT2D eigenvalue weighted by molar-refractivity contribution is 6.02. The maximum absolute atomic E-state index is 12.6. The second-order valence-corrected chi connectivity index (χ2v) is 12.6. The lowest BCUT2D eigenvalue weighted by Crippen LogP contribution is -2.53. The maximum atomic E-state index is 12.6. The van der Waals surface area contributed by atoms with Crippen LogP contribution in [0.4, 0.5) is 28.7 Å². The molecule has 3 atom stereocenters. The summed E-state index contributed by atoms with van der Waals surface area (Å²) < 4.78 is 5.88. The van der Waals surface area contributed by atoms with Crippen LogP contribution in [0.25, 0.3) is 0 Å². The fourth-order valence-electron chi connectivity index (χ4n) is 7.78. The van der Waals surface area contributed by atoms with Crippen LogP contribution in [0, 0.1) is 0 Å². The molecule has 0 spiro atoms. The van der Waals surface area contributed by atoms with Gasteiger partial charge in [-0.1, -0.05) is 43.8 Å². The minimum atomic E-state index is -0.261. The van der Waals surface area contributed by atoms with Crippen LogP contribution in [0.15, 0.2) is 67.5 Å². The number of amides is 1. The Labute approximate surface area is 271 Å². The van der Waals surface area contributed by atoms with Crippen LogP contribution in [0.2, 0.25) is 0 Å². The number of hydrogen-bond donors (Lipinski definition) is 2. The molecule has 0 saturated carbocycles. The van der Waals surface area contributed by atoms with Gasteiger partial charge in [0.15, 0.2) is 5.82 Å². The number of likely N-dealkylation sites (N-methyl/N-ethyl adjacent to an activating group) is 1. The summed E-state index contributed by atoms with van der Waals surface area (Å²) in [5.74, 6) is 1.64. The third kappa shape index (κ3) is 6.02. The average molecular weight is 625 g/mol. The van der Waals surface area contributed by atoms with Gasteiger partial charge in [-0.3, -0.25) is 19.4 Å². The molecule has 0 radical (unpaired) electrons. The highest BCUT2D eigenvalue weighted by atomic mass is 16.7. The first kappa shape index (κ1) is 30.5. The Bertz CT molecular complexity index is 1550. The molecular formula is C35H44N8O3. The topological polar surface area (TPSA) is 98.3 Å². The molecule has 4 aliphatic rings. The van der Waals surface area contributed by atoms with Crippen molar-refractivity contribution in [2.45, 2.75) is 56.8 Å². The number of carbonyl (C=O) groups is 1. The molecule has 7 rings (SSSR count). The van der Waals surface area contributed by atoms with E-state index in [1.165, 1.54) is 37.5 Å². The molecule has 0 unspecified atom stereocenters. The zero-order chi connectivity index (χ0) is 31.6. The Hall–Kier alpha value is -4.19. The van der Waals surface area contributed by atoms with Crippen LogP contribution in [-0.2, 0) is 9.63 Å². The van der Waals surface area contributed by atoms with E-state index in [4.69, 9.17) is 9.57 Å². The summed E-state index contributed by atoms with van der Waals surface area (Å²) in [6, 6.07) is 18.2. The van der Waals surface area contributed by atoms with E-state index in [1.54, 1.807) is 7.11 Å². The molecule has 4 aliphatic heterocycles. The molecule has 2 N–H and O–H groups in total. The number of carbonyl (C=O) groups excluding carboxylic acids is 1. The first-order valence-electron chi connectivity index (χ1n) is 16.5. The number of ether oxygens (including phenoxy) is 1. The number of rotatable bonds is 10. The summed E-state index contributed by atoms with van der Waals surface area (Å²) in [6.07, 6.45) is 7.19. The molecule has 0 aliphatic carbocycles. The molecule has 2 aromatic carbocycles. The summed E-state index contributed by atoms with van der Waals surface area (Å²) in [6.45, 7) is 11.9. The lowest BCUT2D eigenvalue weighted by Gasteiger charge is -2.43. The lowest BCUT2D eigenvalue weighted by atomic mass is 10.0. The van der Waals surface area contributed by atoms with Gasteiger partial charge in [0.05, 0.1) is 36.8 Å². The minimum Gasteiger partial charge on any atom is -0.494 e. The SMILES string of the molecule is C=CC(=O)Nc1cc(Nc2cc(N3OCC[C@@H]3c3ccccc3)ncn2)c(OC)cc1N1CCC(N2C[C@H]3C[C@@H]2CN3CC)CC1. The molecule has 1 aromatic heterocycles. The van der Waals surface area contributed by atoms with E-state index in [0.29, 0.717) is 47.5 Å². The summed E-state index contributed by atoms with van der Waals surface area (Å²) >= 11 is 0. The Morgan fingerprint density at radius 1 is 1.04 bits per heavy atom. The Kier molecular flexibility index (Phi) is 8.79. The van der Waals surface area contributed by atoms with Crippen LogP contribution in [0.5, 0.6) is 5.75 Å². The molecule has 1 amide bonds. The maximum Gasteiger partial charge on any atom is 0.247 e. The van der Waals surface area contributed by atoms with Gasteiger partial charge in [0, 0.05) is 62.9 Å². The number of fused-ring (bicyclic) bond motifs is 2. The zero-order valence-electron chi connectivity index (χ0n) is 26.8. The number of piperazine rings is 1. The van der Waals surface area contributed by atoms with E-state index >= 15 is 0 Å². The van der Waals surface area contributed by atoms with Gasteiger partial charge in [0.2, 0.25) is 5.91 Å². The van der Waals surface area contributed by atoms with Crippen molar-refractivity contribution in [1.82, 2.24) is 19.8 Å². The third-order valence-electron chi connectivity index (χ3n) is 10.1. The van der Waals surface area contributed by atoms with Crippen LogP contribution >= 0.6 is 0 Å². The Morgan fingerprint density at radius 3 is 2.59 bits per heavy atom. The lowest BCUT2D eigenvalue weighted by molar-refractivity contribution is -0.111. The smallest absolute Gasteiger partial charge is 0.247 e. The fraction of sp³-hybridized carbons (Fsp3) is 0.457. The Balaban J connectivity index is 1.10. The highest BCUT2D eigenvalue weighted by Crippen LogP contribution is 2.41. The number of anilines is 5. The van der Waals surface area contributed by atoms with Crippen molar-refractivity contribution in [3.05, 3.63) is 73.1 Å². The number of hydroxylamine groups is 1. The quantitative estimate of drug-likeness (QED) is 0.301.